The van der Waals surface area contributed by atoms with E-state index in [-0.39, 0.29) is 75.0 Å². The number of piperazine rings is 1. The van der Waals surface area contributed by atoms with E-state index < -0.39 is 40.6 Å². The summed E-state index contributed by atoms with van der Waals surface area (Å²) in [6.07, 6.45) is -2.25. The Hall–Kier alpha value is -4.36. The zero-order valence-corrected chi connectivity index (χ0v) is 27.7. The number of ether oxygens (including phenoxy) is 1. The summed E-state index contributed by atoms with van der Waals surface area (Å²) in [4.78, 5) is 25.8. The number of methoxy groups -OCH3 is 1. The standard InChI is InChI=1S/C26H21F5N6O2S.C7H12FN/c1-11-10-36(6-7-37(11)12(2)38)24-14-8-16(26(29,30)31)19(20(28)21(14)34-25(35-24)39-3)13-4-5-17(27)22-18(13)15(9-32)23(33)40-22;8-6-4-7-2-1-3-9(7)5-6/h4-5,8,11H,6-7,10,33H2,1-3H3;6-7H,1-5H2. The van der Waals surface area contributed by atoms with Gasteiger partial charge < -0.3 is 20.3 Å². The van der Waals surface area contributed by atoms with Crippen LogP contribution in [0.4, 0.5) is 37.2 Å². The largest absolute Gasteiger partial charge is 0.467 e. The molecule has 16 heteroatoms. The van der Waals surface area contributed by atoms with E-state index in [0.717, 1.165) is 31.2 Å². The molecule has 0 spiro atoms. The van der Waals surface area contributed by atoms with Crippen molar-refractivity contribution < 1.29 is 35.9 Å². The second-order valence-electron chi connectivity index (χ2n) is 12.4. The van der Waals surface area contributed by atoms with Crippen molar-refractivity contribution in [2.75, 3.05) is 50.5 Å². The molecule has 2 N–H and O–H groups in total. The summed E-state index contributed by atoms with van der Waals surface area (Å²) in [6, 6.07) is 4.47. The van der Waals surface area contributed by atoms with Crippen LogP contribution in [0.3, 0.4) is 0 Å². The Bertz CT molecular complexity index is 1970. The van der Waals surface area contributed by atoms with E-state index in [1.807, 2.05) is 0 Å². The molecule has 3 unspecified atom stereocenters. The number of carbonyl (C=O) groups excluding carboxylic acids is 1. The van der Waals surface area contributed by atoms with Crippen LogP contribution in [0.25, 0.3) is 32.1 Å². The van der Waals surface area contributed by atoms with E-state index in [9.17, 15) is 32.0 Å². The molecule has 3 atom stereocenters. The van der Waals surface area contributed by atoms with Gasteiger partial charge in [0.2, 0.25) is 5.91 Å². The Balaban J connectivity index is 0.000000396. The van der Waals surface area contributed by atoms with Gasteiger partial charge in [-0.05, 0) is 50.4 Å². The monoisotopic (exact) mass is 705 g/mol. The highest BCUT2D eigenvalue weighted by Crippen LogP contribution is 2.48. The Morgan fingerprint density at radius 3 is 2.55 bits per heavy atom. The van der Waals surface area contributed by atoms with Crippen LogP contribution in [0, 0.1) is 23.0 Å². The van der Waals surface area contributed by atoms with Gasteiger partial charge in [0.1, 0.15) is 34.4 Å². The third-order valence-electron chi connectivity index (χ3n) is 9.37. The summed E-state index contributed by atoms with van der Waals surface area (Å²) in [5, 5.41) is 9.09. The average molecular weight is 706 g/mol. The Morgan fingerprint density at radius 2 is 1.92 bits per heavy atom. The van der Waals surface area contributed by atoms with Crippen LogP contribution in [-0.2, 0) is 11.0 Å². The molecule has 2 aromatic carbocycles. The van der Waals surface area contributed by atoms with Crippen LogP contribution in [0.1, 0.15) is 44.2 Å². The van der Waals surface area contributed by atoms with E-state index in [1.54, 1.807) is 22.8 Å². The molecule has 9 nitrogen and oxygen atoms in total. The van der Waals surface area contributed by atoms with E-state index in [4.69, 9.17) is 10.5 Å². The number of aromatic nitrogens is 2. The number of nitriles is 1. The highest BCUT2D eigenvalue weighted by Gasteiger charge is 2.39. The number of nitrogen functional groups attached to an aromatic ring is 1. The maximum absolute atomic E-state index is 16.4. The number of hydrogen-bond donors (Lipinski definition) is 1. The number of amides is 1. The number of hydrogen-bond acceptors (Lipinski definition) is 9. The summed E-state index contributed by atoms with van der Waals surface area (Å²) in [7, 11) is 1.24. The summed E-state index contributed by atoms with van der Waals surface area (Å²) in [6.45, 7) is 5.79. The van der Waals surface area contributed by atoms with Crippen molar-refractivity contribution in [3.63, 3.8) is 0 Å². The summed E-state index contributed by atoms with van der Waals surface area (Å²) in [5.41, 5.74) is 2.55. The number of rotatable bonds is 3. The second kappa shape index (κ2) is 13.2. The molecule has 0 saturated carbocycles. The lowest BCUT2D eigenvalue weighted by molar-refractivity contribution is -0.137. The molecule has 3 aliphatic heterocycles. The predicted molar refractivity (Wildman–Crippen MR) is 174 cm³/mol. The van der Waals surface area contributed by atoms with Crippen LogP contribution in [-0.4, -0.2) is 83.8 Å². The number of thiophene rings is 1. The fraction of sp³-hybridized carbons (Fsp3) is 0.455. The van der Waals surface area contributed by atoms with Crippen LogP contribution in [0.15, 0.2) is 18.2 Å². The molecule has 0 bridgehead atoms. The van der Waals surface area contributed by atoms with E-state index >= 15 is 4.39 Å². The predicted octanol–water partition coefficient (Wildman–Crippen LogP) is 6.52. The number of nitrogens with zero attached hydrogens (tertiary/aromatic N) is 6. The molecule has 2 aromatic heterocycles. The fourth-order valence-electron chi connectivity index (χ4n) is 7.16. The first-order valence-electron chi connectivity index (χ1n) is 15.7. The lowest BCUT2D eigenvalue weighted by Crippen LogP contribution is -2.53. The van der Waals surface area contributed by atoms with Crippen LogP contribution < -0.4 is 15.4 Å². The number of fused-ring (bicyclic) bond motifs is 3. The molecule has 1 amide bonds. The minimum Gasteiger partial charge on any atom is -0.467 e. The molecule has 3 aliphatic rings. The van der Waals surface area contributed by atoms with Crippen molar-refractivity contribution in [3.8, 4) is 23.2 Å². The van der Waals surface area contributed by atoms with Gasteiger partial charge in [-0.15, -0.1) is 11.3 Å². The van der Waals surface area contributed by atoms with Crippen molar-refractivity contribution in [1.29, 1.82) is 5.26 Å². The normalized spacial score (nSPS) is 21.1. The summed E-state index contributed by atoms with van der Waals surface area (Å²) in [5.74, 6) is -2.29. The lowest BCUT2D eigenvalue weighted by Gasteiger charge is -2.40. The van der Waals surface area contributed by atoms with E-state index in [0.29, 0.717) is 23.9 Å². The maximum atomic E-state index is 16.4. The quantitative estimate of drug-likeness (QED) is 0.240. The SMILES string of the molecule is COc1nc(N2CCN(C(C)=O)C(C)C2)c2cc(C(F)(F)F)c(-c3ccc(F)c4sc(N)c(C#N)c34)c(F)c2n1.FC1CC2CCCN2C1. The molecule has 0 radical (unpaired) electrons. The molecule has 7 rings (SSSR count). The number of alkyl halides is 4. The highest BCUT2D eigenvalue weighted by molar-refractivity contribution is 7.23. The first-order valence-corrected chi connectivity index (χ1v) is 16.5. The third kappa shape index (κ3) is 6.29. The first kappa shape index (κ1) is 34.5. The Labute approximate surface area is 281 Å². The highest BCUT2D eigenvalue weighted by atomic mass is 32.1. The van der Waals surface area contributed by atoms with Gasteiger partial charge in [-0.1, -0.05) is 6.07 Å². The van der Waals surface area contributed by atoms with Gasteiger partial charge in [-0.2, -0.15) is 28.4 Å². The van der Waals surface area contributed by atoms with Gasteiger partial charge in [-0.25, -0.2) is 13.2 Å². The number of anilines is 2. The molecule has 5 heterocycles. The number of halogens is 6. The topological polar surface area (TPSA) is 112 Å². The Kier molecular flexibility index (Phi) is 9.27. The molecular weight excluding hydrogens is 672 g/mol. The van der Waals surface area contributed by atoms with Crippen molar-refractivity contribution in [1.82, 2.24) is 19.8 Å². The summed E-state index contributed by atoms with van der Waals surface area (Å²) >= 11 is 0.688. The second-order valence-corrected chi connectivity index (χ2v) is 13.5. The molecule has 0 aliphatic carbocycles. The Morgan fingerprint density at radius 1 is 1.16 bits per heavy atom. The van der Waals surface area contributed by atoms with Crippen LogP contribution >= 0.6 is 11.3 Å². The van der Waals surface area contributed by atoms with Gasteiger partial charge in [0.25, 0.3) is 0 Å². The number of nitrogens with two attached hydrogens (primary N) is 1. The van der Waals surface area contributed by atoms with E-state index in [2.05, 4.69) is 14.9 Å². The van der Waals surface area contributed by atoms with E-state index in [1.165, 1.54) is 26.9 Å². The average Bonchev–Trinajstić information content (AvgIpc) is 3.73. The van der Waals surface area contributed by atoms with Crippen molar-refractivity contribution >= 4 is 49.1 Å². The maximum Gasteiger partial charge on any atom is 0.417 e. The van der Waals surface area contributed by atoms with Crippen LogP contribution in [0.5, 0.6) is 6.01 Å². The molecule has 4 aromatic rings. The zero-order chi connectivity index (χ0) is 35.4. The summed E-state index contributed by atoms with van der Waals surface area (Å²) < 4.78 is 92.4. The minimum absolute atomic E-state index is 0.00889. The lowest BCUT2D eigenvalue weighted by atomic mass is 9.92. The van der Waals surface area contributed by atoms with Gasteiger partial charge in [0, 0.05) is 61.5 Å². The van der Waals surface area contributed by atoms with Gasteiger partial charge in [0.05, 0.1) is 22.9 Å². The first-order chi connectivity index (χ1) is 23.2. The number of benzene rings is 2. The molecule has 3 saturated heterocycles. The molecular formula is C33H33F6N7O2S. The van der Waals surface area contributed by atoms with Crippen molar-refractivity contribution in [2.45, 2.75) is 57.5 Å². The van der Waals surface area contributed by atoms with Crippen molar-refractivity contribution in [2.24, 2.45) is 0 Å². The van der Waals surface area contributed by atoms with Crippen LogP contribution in [0.2, 0.25) is 0 Å². The van der Waals surface area contributed by atoms with Gasteiger partial charge in [-0.3, -0.25) is 9.69 Å². The molecule has 49 heavy (non-hydrogen) atoms. The zero-order valence-electron chi connectivity index (χ0n) is 26.9. The molecule has 260 valence electrons. The number of carbonyl (C=O) groups is 1. The third-order valence-corrected chi connectivity index (χ3v) is 10.4. The molecule has 3 fully saturated rings. The smallest absolute Gasteiger partial charge is 0.417 e. The minimum atomic E-state index is -5.06. The fourth-order valence-corrected chi connectivity index (χ4v) is 8.11. The van der Waals surface area contributed by atoms with Crippen molar-refractivity contribution in [3.05, 3.63) is 41.0 Å². The van der Waals surface area contributed by atoms with Gasteiger partial charge in [0.15, 0.2) is 5.82 Å². The van der Waals surface area contributed by atoms with Gasteiger partial charge >= 0.3 is 12.2 Å².